The van der Waals surface area contributed by atoms with Crippen molar-refractivity contribution in [3.63, 3.8) is 0 Å². The molecule has 2 N–H and O–H groups in total. The van der Waals surface area contributed by atoms with Gasteiger partial charge in [0, 0.05) is 63.4 Å². The molecule has 0 bridgehead atoms. The first-order valence-corrected chi connectivity index (χ1v) is 16.0. The molecule has 0 saturated carbocycles. The number of rotatable bonds is 16. The second-order valence-electron chi connectivity index (χ2n) is 11.9. The lowest BCUT2D eigenvalue weighted by Gasteiger charge is -2.23. The highest BCUT2D eigenvalue weighted by Crippen LogP contribution is 2.33. The number of hydrogen-bond donors (Lipinski definition) is 2. The van der Waals surface area contributed by atoms with Gasteiger partial charge in [-0.15, -0.1) is 0 Å². The van der Waals surface area contributed by atoms with E-state index in [1.165, 1.54) is 30.3 Å². The summed E-state index contributed by atoms with van der Waals surface area (Å²) in [6.07, 6.45) is 1.80. The van der Waals surface area contributed by atoms with Crippen LogP contribution in [0, 0.1) is 17.5 Å². The molecule has 0 spiro atoms. The fourth-order valence-corrected chi connectivity index (χ4v) is 6.26. The molecule has 0 radical (unpaired) electrons. The first-order chi connectivity index (χ1) is 22.4. The molecule has 4 aromatic carbocycles. The second-order valence-corrected chi connectivity index (χ2v) is 11.9. The topological polar surface area (TPSA) is 60.6 Å². The first-order valence-electron chi connectivity index (χ1n) is 16.0. The summed E-state index contributed by atoms with van der Waals surface area (Å²) in [6.45, 7) is 5.49. The molecule has 0 aliphatic rings. The number of fused-ring (bicyclic) bond motifs is 6. The van der Waals surface area contributed by atoms with Gasteiger partial charge in [0.2, 0.25) is 0 Å². The summed E-state index contributed by atoms with van der Waals surface area (Å²) >= 11 is 0. The van der Waals surface area contributed by atoms with Gasteiger partial charge >= 0.3 is 0 Å². The van der Waals surface area contributed by atoms with Crippen LogP contribution < -0.4 is 5.32 Å². The Morgan fingerprint density at radius 3 is 1.80 bits per heavy atom. The van der Waals surface area contributed by atoms with E-state index in [1.807, 2.05) is 28.8 Å². The van der Waals surface area contributed by atoms with E-state index >= 15 is 0 Å². The highest BCUT2D eigenvalue weighted by molar-refractivity contribution is 6.09. The van der Waals surface area contributed by atoms with Crippen LogP contribution in [-0.2, 0) is 22.6 Å². The predicted octanol–water partition coefficient (Wildman–Crippen LogP) is 7.56. The van der Waals surface area contributed by atoms with Crippen LogP contribution in [0.25, 0.3) is 43.6 Å². The summed E-state index contributed by atoms with van der Waals surface area (Å²) in [5.74, 6) is -1.11. The Bertz CT molecular complexity index is 1880. The number of para-hydroxylation sites is 1. The van der Waals surface area contributed by atoms with E-state index in [2.05, 4.69) is 16.8 Å². The van der Waals surface area contributed by atoms with Gasteiger partial charge in [-0.1, -0.05) is 31.5 Å². The van der Waals surface area contributed by atoms with Crippen molar-refractivity contribution in [3.05, 3.63) is 96.3 Å². The standard InChI is InChI=1S/C37H40F3N3O3/c1-2-3-16-45-17-6-15-41-21-28(44)24-46-29(22-42-34-8-5-4-7-30(34)31-18-25(38)9-12-35(31)42)23-43-36-13-10-26(39)19-32(36)33-20-27(40)11-14-37(33)43/h4-5,7-14,18-20,28-29,41,44H,2-3,6,15-17,21-24H2,1H3. The zero-order valence-corrected chi connectivity index (χ0v) is 26.0. The summed E-state index contributed by atoms with van der Waals surface area (Å²) < 4.78 is 59.2. The number of nitrogens with zero attached hydrogens (tertiary/aromatic N) is 2. The molecule has 6 rings (SSSR count). The summed E-state index contributed by atoms with van der Waals surface area (Å²) in [5, 5.41) is 17.1. The number of halogens is 3. The lowest BCUT2D eigenvalue weighted by molar-refractivity contribution is -0.0206. The van der Waals surface area contributed by atoms with E-state index in [4.69, 9.17) is 9.47 Å². The van der Waals surface area contributed by atoms with Crippen LogP contribution in [0.2, 0.25) is 0 Å². The number of ether oxygens (including phenoxy) is 2. The maximum absolute atomic E-state index is 14.3. The second kappa shape index (κ2) is 14.7. The zero-order chi connectivity index (χ0) is 32.0. The highest BCUT2D eigenvalue weighted by atomic mass is 19.1. The largest absolute Gasteiger partial charge is 0.389 e. The Labute approximate surface area is 266 Å². The number of benzene rings is 4. The van der Waals surface area contributed by atoms with Gasteiger partial charge < -0.3 is 29.0 Å². The molecule has 2 heterocycles. The van der Waals surface area contributed by atoms with Crippen molar-refractivity contribution < 1.29 is 27.8 Å². The fourth-order valence-electron chi connectivity index (χ4n) is 6.26. The Morgan fingerprint density at radius 2 is 1.22 bits per heavy atom. The van der Waals surface area contributed by atoms with E-state index < -0.39 is 23.8 Å². The minimum absolute atomic E-state index is 0.0802. The molecule has 6 nitrogen and oxygen atoms in total. The normalized spacial score (nSPS) is 13.4. The minimum Gasteiger partial charge on any atom is -0.389 e. The van der Waals surface area contributed by atoms with Gasteiger partial charge in [-0.05, 0) is 80.1 Å². The third kappa shape index (κ3) is 7.08. The van der Waals surface area contributed by atoms with E-state index in [1.54, 1.807) is 24.3 Å². The van der Waals surface area contributed by atoms with Crippen LogP contribution in [0.1, 0.15) is 26.2 Å². The maximum atomic E-state index is 14.3. The first kappa shape index (κ1) is 32.1. The molecule has 2 atom stereocenters. The predicted molar refractivity (Wildman–Crippen MR) is 178 cm³/mol. The Balaban J connectivity index is 1.27. The van der Waals surface area contributed by atoms with Crippen molar-refractivity contribution >= 4 is 43.6 Å². The van der Waals surface area contributed by atoms with E-state index in [0.29, 0.717) is 37.0 Å². The van der Waals surface area contributed by atoms with Crippen molar-refractivity contribution in [2.24, 2.45) is 0 Å². The van der Waals surface area contributed by atoms with E-state index in [-0.39, 0.29) is 12.4 Å². The molecule has 0 fully saturated rings. The molecule has 242 valence electrons. The molecule has 0 saturated heterocycles. The average molecular weight is 632 g/mol. The average Bonchev–Trinajstić information content (AvgIpc) is 3.52. The molecule has 0 aliphatic carbocycles. The van der Waals surface area contributed by atoms with Crippen LogP contribution in [0.5, 0.6) is 0 Å². The van der Waals surface area contributed by atoms with Gasteiger partial charge in [-0.3, -0.25) is 0 Å². The van der Waals surface area contributed by atoms with Gasteiger partial charge in [0.25, 0.3) is 0 Å². The number of unbranched alkanes of at least 4 members (excludes halogenated alkanes) is 1. The molecule has 46 heavy (non-hydrogen) atoms. The van der Waals surface area contributed by atoms with E-state index in [0.717, 1.165) is 65.3 Å². The van der Waals surface area contributed by atoms with Crippen LogP contribution in [0.3, 0.4) is 0 Å². The number of aromatic nitrogens is 2. The summed E-state index contributed by atoms with van der Waals surface area (Å²) in [5.41, 5.74) is 3.31. The number of aliphatic hydroxyl groups excluding tert-OH is 1. The smallest absolute Gasteiger partial charge is 0.123 e. The van der Waals surface area contributed by atoms with Crippen LogP contribution in [-0.4, -0.2) is 59.4 Å². The number of hydrogen-bond acceptors (Lipinski definition) is 4. The Morgan fingerprint density at radius 1 is 0.696 bits per heavy atom. The Kier molecular flexibility index (Phi) is 10.2. The molecule has 2 unspecified atom stereocenters. The summed E-state index contributed by atoms with van der Waals surface area (Å²) in [6, 6.07) is 21.7. The zero-order valence-electron chi connectivity index (χ0n) is 26.0. The number of nitrogens with one attached hydrogen (secondary N) is 1. The van der Waals surface area contributed by atoms with Gasteiger partial charge in [-0.2, -0.15) is 0 Å². The van der Waals surface area contributed by atoms with Gasteiger partial charge in [0.15, 0.2) is 0 Å². The van der Waals surface area contributed by atoms with Crippen molar-refractivity contribution in [1.82, 2.24) is 14.5 Å². The molecule has 2 aromatic heterocycles. The highest BCUT2D eigenvalue weighted by Gasteiger charge is 2.21. The van der Waals surface area contributed by atoms with Gasteiger partial charge in [-0.25, -0.2) is 13.2 Å². The van der Waals surface area contributed by atoms with Gasteiger partial charge in [0.05, 0.1) is 31.9 Å². The molecular formula is C37H40F3N3O3. The van der Waals surface area contributed by atoms with Crippen LogP contribution >= 0.6 is 0 Å². The molecule has 9 heteroatoms. The van der Waals surface area contributed by atoms with Gasteiger partial charge in [0.1, 0.15) is 17.5 Å². The minimum atomic E-state index is -0.753. The molecule has 0 amide bonds. The molecular weight excluding hydrogens is 591 g/mol. The van der Waals surface area contributed by atoms with Crippen molar-refractivity contribution in [1.29, 1.82) is 0 Å². The van der Waals surface area contributed by atoms with Crippen LogP contribution in [0.15, 0.2) is 78.9 Å². The summed E-state index contributed by atoms with van der Waals surface area (Å²) in [7, 11) is 0. The SMILES string of the molecule is CCCCOCCCNCC(O)COC(Cn1c2ccccc2c2cc(F)ccc21)Cn1c2ccc(F)cc2c2cc(F)ccc21. The lowest BCUT2D eigenvalue weighted by Crippen LogP contribution is -2.35. The van der Waals surface area contributed by atoms with E-state index in [9.17, 15) is 18.3 Å². The van der Waals surface area contributed by atoms with Crippen molar-refractivity contribution in [2.75, 3.05) is 32.9 Å². The quantitative estimate of drug-likeness (QED) is 0.108. The third-order valence-electron chi connectivity index (χ3n) is 8.48. The fraction of sp³-hybridized carbons (Fsp3) is 0.351. The monoisotopic (exact) mass is 631 g/mol. The van der Waals surface area contributed by atoms with Crippen molar-refractivity contribution in [2.45, 2.75) is 51.5 Å². The number of aliphatic hydroxyl groups is 1. The van der Waals surface area contributed by atoms with Crippen molar-refractivity contribution in [3.8, 4) is 0 Å². The third-order valence-corrected chi connectivity index (χ3v) is 8.48. The maximum Gasteiger partial charge on any atom is 0.123 e. The lowest BCUT2D eigenvalue weighted by atomic mass is 10.1. The molecule has 6 aromatic rings. The van der Waals surface area contributed by atoms with Crippen LogP contribution in [0.4, 0.5) is 13.2 Å². The summed E-state index contributed by atoms with van der Waals surface area (Å²) in [4.78, 5) is 0. The molecule has 0 aliphatic heterocycles. The Hall–Kier alpha value is -3.89.